The highest BCUT2D eigenvalue weighted by atomic mass is 16.5. The van der Waals surface area contributed by atoms with Crippen LogP contribution in [0.4, 0.5) is 0 Å². The number of rotatable bonds is 6. The van der Waals surface area contributed by atoms with Crippen LogP contribution in [0, 0.1) is 11.8 Å². The normalized spacial score (nSPS) is 33.4. The van der Waals surface area contributed by atoms with Crippen LogP contribution in [0.5, 0.6) is 5.75 Å². The molecule has 1 spiro atoms. The Bertz CT molecular complexity index is 829. The van der Waals surface area contributed by atoms with E-state index in [0.29, 0.717) is 13.0 Å². The van der Waals surface area contributed by atoms with E-state index in [4.69, 9.17) is 9.47 Å². The predicted molar refractivity (Wildman–Crippen MR) is 98.1 cm³/mol. The molecule has 1 aromatic carbocycles. The molecule has 3 heterocycles. The van der Waals surface area contributed by atoms with Gasteiger partial charge in [-0.2, -0.15) is 0 Å². The highest BCUT2D eigenvalue weighted by Gasteiger charge is 2.70. The maximum atomic E-state index is 13.3. The van der Waals surface area contributed by atoms with Gasteiger partial charge in [0.05, 0.1) is 25.2 Å². The average Bonchev–Trinajstić information content (AvgIpc) is 3.27. The summed E-state index contributed by atoms with van der Waals surface area (Å²) < 4.78 is 11.3. The molecule has 1 amide bonds. The molecule has 6 nitrogen and oxygen atoms in total. The molecule has 0 saturated carbocycles. The van der Waals surface area contributed by atoms with Crippen LogP contribution in [0.15, 0.2) is 48.6 Å². The van der Waals surface area contributed by atoms with Crippen molar-refractivity contribution < 1.29 is 24.2 Å². The molecule has 1 aromatic rings. The summed E-state index contributed by atoms with van der Waals surface area (Å²) in [4.78, 5) is 26.9. The zero-order valence-electron chi connectivity index (χ0n) is 15.4. The minimum atomic E-state index is -0.982. The van der Waals surface area contributed by atoms with Crippen LogP contribution in [0.25, 0.3) is 0 Å². The van der Waals surface area contributed by atoms with E-state index in [1.165, 1.54) is 0 Å². The molecular formula is C21H23NO5. The van der Waals surface area contributed by atoms with Crippen molar-refractivity contribution in [2.75, 3.05) is 7.11 Å². The second-order valence-electron chi connectivity index (χ2n) is 7.63. The van der Waals surface area contributed by atoms with Gasteiger partial charge in [-0.1, -0.05) is 29.9 Å². The predicted octanol–water partition coefficient (Wildman–Crippen LogP) is 2.40. The molecule has 27 heavy (non-hydrogen) atoms. The van der Waals surface area contributed by atoms with E-state index >= 15 is 0 Å². The van der Waals surface area contributed by atoms with E-state index in [-0.39, 0.29) is 11.9 Å². The number of ether oxygens (including phenoxy) is 2. The number of carbonyl (C=O) groups is 2. The maximum Gasteiger partial charge on any atom is 0.310 e. The minimum absolute atomic E-state index is 0.156. The topological polar surface area (TPSA) is 76.1 Å². The molecule has 2 fully saturated rings. The molecule has 0 aromatic heterocycles. The maximum absolute atomic E-state index is 13.3. The van der Waals surface area contributed by atoms with E-state index in [2.05, 4.69) is 6.58 Å². The molecule has 142 valence electrons. The third-order valence-electron chi connectivity index (χ3n) is 5.87. The smallest absolute Gasteiger partial charge is 0.310 e. The number of carboxylic acid groups (broad SMARTS) is 1. The van der Waals surface area contributed by atoms with E-state index in [1.54, 1.807) is 18.1 Å². The van der Waals surface area contributed by atoms with Crippen LogP contribution in [0.1, 0.15) is 18.9 Å². The molecule has 4 rings (SSSR count). The Hall–Kier alpha value is -2.60. The van der Waals surface area contributed by atoms with Crippen molar-refractivity contribution in [3.05, 3.63) is 54.1 Å². The molecule has 0 radical (unpaired) electrons. The summed E-state index contributed by atoms with van der Waals surface area (Å²) in [5.74, 6) is -1.92. The van der Waals surface area contributed by atoms with Gasteiger partial charge in [0.2, 0.25) is 5.91 Å². The van der Waals surface area contributed by atoms with Gasteiger partial charge in [0.15, 0.2) is 0 Å². The van der Waals surface area contributed by atoms with Crippen LogP contribution >= 0.6 is 0 Å². The molecule has 1 N–H and O–H groups in total. The van der Waals surface area contributed by atoms with Gasteiger partial charge in [-0.25, -0.2) is 0 Å². The van der Waals surface area contributed by atoms with Crippen molar-refractivity contribution in [1.29, 1.82) is 0 Å². The number of nitrogens with zero attached hydrogens (tertiary/aromatic N) is 1. The quantitative estimate of drug-likeness (QED) is 0.780. The number of likely N-dealkylation sites (tertiary alicyclic amines) is 1. The molecule has 3 aliphatic heterocycles. The first kappa shape index (κ1) is 17.8. The number of carboxylic acids is 1. The summed E-state index contributed by atoms with van der Waals surface area (Å²) in [7, 11) is 1.61. The third-order valence-corrected chi connectivity index (χ3v) is 5.87. The number of carbonyl (C=O) groups excluding carboxylic acids is 1. The largest absolute Gasteiger partial charge is 0.497 e. The van der Waals surface area contributed by atoms with Crippen LogP contribution in [0.2, 0.25) is 0 Å². The first-order valence-electron chi connectivity index (χ1n) is 9.05. The Kier molecular flexibility index (Phi) is 4.11. The molecule has 6 heteroatoms. The highest BCUT2D eigenvalue weighted by Crippen LogP contribution is 2.56. The van der Waals surface area contributed by atoms with Crippen molar-refractivity contribution in [2.45, 2.75) is 37.6 Å². The average molecular weight is 369 g/mol. The van der Waals surface area contributed by atoms with Crippen molar-refractivity contribution in [1.82, 2.24) is 4.90 Å². The van der Waals surface area contributed by atoms with Gasteiger partial charge in [0.1, 0.15) is 17.3 Å². The standard InChI is InChI=1S/C21H23NO5/c1-12(2)10-16-21-9-8-15(27-21)17(20(24)25)18(21)19(23)22(16)11-13-4-6-14(26-3)7-5-13/h4-9,15-18H,1,10-11H2,2-3H3,(H,24,25)/t15-,16+,17+,18+,21-/m1/s1. The first-order valence-corrected chi connectivity index (χ1v) is 9.05. The van der Waals surface area contributed by atoms with Crippen LogP contribution in [-0.4, -0.2) is 46.7 Å². The van der Waals surface area contributed by atoms with E-state index in [0.717, 1.165) is 16.9 Å². The summed E-state index contributed by atoms with van der Waals surface area (Å²) in [5.41, 5.74) is 1.01. The minimum Gasteiger partial charge on any atom is -0.497 e. The van der Waals surface area contributed by atoms with Crippen molar-refractivity contribution in [3.8, 4) is 5.75 Å². The van der Waals surface area contributed by atoms with Crippen molar-refractivity contribution >= 4 is 11.9 Å². The van der Waals surface area contributed by atoms with Gasteiger partial charge in [0.25, 0.3) is 0 Å². The summed E-state index contributed by atoms with van der Waals surface area (Å²) in [5, 5.41) is 9.68. The second-order valence-corrected chi connectivity index (χ2v) is 7.63. The summed E-state index contributed by atoms with van der Waals surface area (Å²) >= 11 is 0. The number of fused-ring (bicyclic) bond motifs is 1. The van der Waals surface area contributed by atoms with Gasteiger partial charge < -0.3 is 19.5 Å². The molecule has 2 saturated heterocycles. The Balaban J connectivity index is 1.70. The van der Waals surface area contributed by atoms with Crippen molar-refractivity contribution in [2.24, 2.45) is 11.8 Å². The lowest BCUT2D eigenvalue weighted by Gasteiger charge is -2.33. The van der Waals surface area contributed by atoms with E-state index in [1.807, 2.05) is 37.3 Å². The monoisotopic (exact) mass is 369 g/mol. The molecule has 3 aliphatic rings. The van der Waals surface area contributed by atoms with Crippen LogP contribution < -0.4 is 4.74 Å². The van der Waals surface area contributed by atoms with Crippen LogP contribution in [-0.2, 0) is 20.9 Å². The SMILES string of the molecule is C=C(C)C[C@@H]1N(Cc2ccc(OC)cc2)C(=O)[C@@H]2[C@@H](C(=O)O)[C@H]3C=C[C@]21O3. The Morgan fingerprint density at radius 1 is 1.37 bits per heavy atom. The molecule has 5 atom stereocenters. The summed E-state index contributed by atoms with van der Waals surface area (Å²) in [6, 6.07) is 7.27. The van der Waals surface area contributed by atoms with Crippen LogP contribution in [0.3, 0.4) is 0 Å². The number of amides is 1. The summed E-state index contributed by atoms with van der Waals surface area (Å²) in [6.07, 6.45) is 3.74. The van der Waals surface area contributed by atoms with Gasteiger partial charge >= 0.3 is 5.97 Å². The number of aliphatic carboxylic acids is 1. The van der Waals surface area contributed by atoms with Gasteiger partial charge in [-0.3, -0.25) is 9.59 Å². The molecule has 2 bridgehead atoms. The molecule has 0 unspecified atom stereocenters. The number of methoxy groups -OCH3 is 1. The Morgan fingerprint density at radius 2 is 2.07 bits per heavy atom. The molecule has 0 aliphatic carbocycles. The van der Waals surface area contributed by atoms with Gasteiger partial charge in [-0.15, -0.1) is 6.58 Å². The fraction of sp³-hybridized carbons (Fsp3) is 0.429. The highest BCUT2D eigenvalue weighted by molar-refractivity contribution is 5.91. The fourth-order valence-electron chi connectivity index (χ4n) is 4.72. The second kappa shape index (κ2) is 6.23. The first-order chi connectivity index (χ1) is 12.9. The Morgan fingerprint density at radius 3 is 2.67 bits per heavy atom. The summed E-state index contributed by atoms with van der Waals surface area (Å²) in [6.45, 7) is 6.32. The zero-order chi connectivity index (χ0) is 19.3. The molecular weight excluding hydrogens is 346 g/mol. The Labute approximate surface area is 158 Å². The lowest BCUT2D eigenvalue weighted by molar-refractivity contribution is -0.148. The van der Waals surface area contributed by atoms with E-state index in [9.17, 15) is 14.7 Å². The lowest BCUT2D eigenvalue weighted by atomic mass is 9.74. The number of benzene rings is 1. The van der Waals surface area contributed by atoms with Gasteiger partial charge in [0, 0.05) is 6.54 Å². The fourth-order valence-corrected chi connectivity index (χ4v) is 4.72. The van der Waals surface area contributed by atoms with Crippen molar-refractivity contribution in [3.63, 3.8) is 0 Å². The third kappa shape index (κ3) is 2.58. The van der Waals surface area contributed by atoms with E-state index < -0.39 is 29.5 Å². The zero-order valence-corrected chi connectivity index (χ0v) is 15.4. The number of hydrogen-bond acceptors (Lipinski definition) is 4. The lowest BCUT2D eigenvalue weighted by Crippen LogP contribution is -2.45. The van der Waals surface area contributed by atoms with Gasteiger partial charge in [-0.05, 0) is 31.0 Å². The number of hydrogen-bond donors (Lipinski definition) is 1.